The van der Waals surface area contributed by atoms with Crippen LogP contribution in [0.25, 0.3) is 0 Å². The Morgan fingerprint density at radius 2 is 2.13 bits per heavy atom. The standard InChI is InChI=1S/C11H24N2O2/c1-10-9-11(12)3-4-13(10)5-6-15-8-7-14-2/h10-11H,3-9,12H2,1-2H3. The van der Waals surface area contributed by atoms with Gasteiger partial charge in [0.1, 0.15) is 0 Å². The van der Waals surface area contributed by atoms with Crippen LogP contribution in [0.1, 0.15) is 19.8 Å². The summed E-state index contributed by atoms with van der Waals surface area (Å²) in [4.78, 5) is 2.45. The number of rotatable bonds is 6. The lowest BCUT2D eigenvalue weighted by Crippen LogP contribution is -2.46. The molecule has 0 bridgehead atoms. The zero-order chi connectivity index (χ0) is 11.1. The van der Waals surface area contributed by atoms with Gasteiger partial charge in [-0.05, 0) is 26.3 Å². The van der Waals surface area contributed by atoms with Gasteiger partial charge < -0.3 is 15.2 Å². The van der Waals surface area contributed by atoms with Crippen LogP contribution in [0.2, 0.25) is 0 Å². The van der Waals surface area contributed by atoms with Crippen molar-refractivity contribution in [2.75, 3.05) is 40.0 Å². The monoisotopic (exact) mass is 216 g/mol. The summed E-state index contributed by atoms with van der Waals surface area (Å²) < 4.78 is 10.4. The molecule has 0 amide bonds. The van der Waals surface area contributed by atoms with Gasteiger partial charge in [-0.1, -0.05) is 0 Å². The lowest BCUT2D eigenvalue weighted by atomic mass is 9.99. The van der Waals surface area contributed by atoms with Crippen LogP contribution < -0.4 is 5.73 Å². The number of methoxy groups -OCH3 is 1. The molecule has 1 aliphatic heterocycles. The molecule has 0 spiro atoms. The van der Waals surface area contributed by atoms with E-state index in [0.29, 0.717) is 25.3 Å². The maximum absolute atomic E-state index is 5.91. The van der Waals surface area contributed by atoms with E-state index in [-0.39, 0.29) is 0 Å². The molecule has 4 heteroatoms. The van der Waals surface area contributed by atoms with E-state index < -0.39 is 0 Å². The highest BCUT2D eigenvalue weighted by Crippen LogP contribution is 2.14. The van der Waals surface area contributed by atoms with Crippen molar-refractivity contribution < 1.29 is 9.47 Å². The molecular weight excluding hydrogens is 192 g/mol. The number of nitrogens with zero attached hydrogens (tertiary/aromatic N) is 1. The molecular formula is C11H24N2O2. The summed E-state index contributed by atoms with van der Waals surface area (Å²) in [6.45, 7) is 6.53. The van der Waals surface area contributed by atoms with Gasteiger partial charge in [0, 0.05) is 25.7 Å². The van der Waals surface area contributed by atoms with Crippen molar-refractivity contribution >= 4 is 0 Å². The van der Waals surface area contributed by atoms with E-state index >= 15 is 0 Å². The molecule has 2 N–H and O–H groups in total. The van der Waals surface area contributed by atoms with Gasteiger partial charge in [0.15, 0.2) is 0 Å². The van der Waals surface area contributed by atoms with Crippen LogP contribution in [0.15, 0.2) is 0 Å². The van der Waals surface area contributed by atoms with Crippen LogP contribution in [-0.4, -0.2) is 57.0 Å². The van der Waals surface area contributed by atoms with E-state index in [1.807, 2.05) is 0 Å². The van der Waals surface area contributed by atoms with Gasteiger partial charge in [-0.2, -0.15) is 0 Å². The Hall–Kier alpha value is -0.160. The largest absolute Gasteiger partial charge is 0.382 e. The minimum absolute atomic E-state index is 0.394. The van der Waals surface area contributed by atoms with Gasteiger partial charge in [-0.25, -0.2) is 0 Å². The van der Waals surface area contributed by atoms with Crippen LogP contribution in [0.3, 0.4) is 0 Å². The minimum Gasteiger partial charge on any atom is -0.382 e. The molecule has 1 aliphatic rings. The SMILES string of the molecule is COCCOCCN1CCC(N)CC1C. The Morgan fingerprint density at radius 3 is 2.80 bits per heavy atom. The van der Waals surface area contributed by atoms with Gasteiger partial charge in [0.2, 0.25) is 0 Å². The fourth-order valence-corrected chi connectivity index (χ4v) is 2.02. The average molecular weight is 216 g/mol. The van der Waals surface area contributed by atoms with E-state index in [4.69, 9.17) is 15.2 Å². The van der Waals surface area contributed by atoms with Crippen molar-refractivity contribution in [2.45, 2.75) is 31.8 Å². The van der Waals surface area contributed by atoms with E-state index in [0.717, 1.165) is 32.5 Å². The van der Waals surface area contributed by atoms with Crippen LogP contribution in [0.5, 0.6) is 0 Å². The zero-order valence-corrected chi connectivity index (χ0v) is 9.95. The van der Waals surface area contributed by atoms with Crippen molar-refractivity contribution in [1.82, 2.24) is 4.90 Å². The molecule has 2 unspecified atom stereocenters. The Bertz CT molecular complexity index is 167. The quantitative estimate of drug-likeness (QED) is 0.655. The molecule has 4 nitrogen and oxygen atoms in total. The summed E-state index contributed by atoms with van der Waals surface area (Å²) in [6.07, 6.45) is 2.22. The molecule has 1 fully saturated rings. The Kier molecular flexibility index (Phi) is 6.17. The van der Waals surface area contributed by atoms with Gasteiger partial charge in [0.05, 0.1) is 19.8 Å². The highest BCUT2D eigenvalue weighted by Gasteiger charge is 2.22. The first kappa shape index (κ1) is 12.9. The van der Waals surface area contributed by atoms with Gasteiger partial charge in [0.25, 0.3) is 0 Å². The van der Waals surface area contributed by atoms with Gasteiger partial charge >= 0.3 is 0 Å². The third-order valence-electron chi connectivity index (χ3n) is 3.01. The molecule has 2 atom stereocenters. The molecule has 1 heterocycles. The smallest absolute Gasteiger partial charge is 0.0700 e. The first-order valence-electron chi connectivity index (χ1n) is 5.80. The van der Waals surface area contributed by atoms with E-state index in [1.54, 1.807) is 7.11 Å². The average Bonchev–Trinajstić information content (AvgIpc) is 2.20. The third-order valence-corrected chi connectivity index (χ3v) is 3.01. The first-order valence-corrected chi connectivity index (χ1v) is 5.80. The number of nitrogens with two attached hydrogens (primary N) is 1. The van der Waals surface area contributed by atoms with Crippen LogP contribution in [0, 0.1) is 0 Å². The molecule has 15 heavy (non-hydrogen) atoms. The summed E-state index contributed by atoms with van der Waals surface area (Å²) >= 11 is 0. The van der Waals surface area contributed by atoms with E-state index in [9.17, 15) is 0 Å². The molecule has 90 valence electrons. The van der Waals surface area contributed by atoms with Crippen molar-refractivity contribution in [3.8, 4) is 0 Å². The number of likely N-dealkylation sites (tertiary alicyclic amines) is 1. The number of hydrogen-bond acceptors (Lipinski definition) is 4. The lowest BCUT2D eigenvalue weighted by Gasteiger charge is -2.36. The van der Waals surface area contributed by atoms with Crippen molar-refractivity contribution in [3.63, 3.8) is 0 Å². The number of ether oxygens (including phenoxy) is 2. The van der Waals surface area contributed by atoms with Crippen molar-refractivity contribution in [1.29, 1.82) is 0 Å². The van der Waals surface area contributed by atoms with Crippen molar-refractivity contribution in [2.24, 2.45) is 5.73 Å². The van der Waals surface area contributed by atoms with Gasteiger partial charge in [-0.3, -0.25) is 4.90 Å². The molecule has 0 aromatic rings. The normalized spacial score (nSPS) is 28.2. The highest BCUT2D eigenvalue weighted by molar-refractivity contribution is 4.80. The zero-order valence-electron chi connectivity index (χ0n) is 9.95. The Morgan fingerprint density at radius 1 is 1.33 bits per heavy atom. The van der Waals surface area contributed by atoms with Crippen LogP contribution >= 0.6 is 0 Å². The summed E-state index contributed by atoms with van der Waals surface area (Å²) in [7, 11) is 1.69. The topological polar surface area (TPSA) is 47.7 Å². The maximum atomic E-state index is 5.91. The summed E-state index contributed by atoms with van der Waals surface area (Å²) in [5.41, 5.74) is 5.91. The second-order valence-corrected chi connectivity index (χ2v) is 4.27. The Labute approximate surface area is 92.7 Å². The molecule has 1 rings (SSSR count). The van der Waals surface area contributed by atoms with Crippen molar-refractivity contribution in [3.05, 3.63) is 0 Å². The summed E-state index contributed by atoms with van der Waals surface area (Å²) in [5, 5.41) is 0. The second kappa shape index (κ2) is 7.17. The number of hydrogen-bond donors (Lipinski definition) is 1. The van der Waals surface area contributed by atoms with E-state index in [2.05, 4.69) is 11.8 Å². The van der Waals surface area contributed by atoms with Gasteiger partial charge in [-0.15, -0.1) is 0 Å². The molecule has 0 saturated carbocycles. The molecule has 0 aromatic carbocycles. The first-order chi connectivity index (χ1) is 7.24. The second-order valence-electron chi connectivity index (χ2n) is 4.27. The molecule has 1 saturated heterocycles. The molecule has 0 aliphatic carbocycles. The minimum atomic E-state index is 0.394. The molecule has 0 aromatic heterocycles. The summed E-state index contributed by atoms with van der Waals surface area (Å²) in [6, 6.07) is 0.991. The highest BCUT2D eigenvalue weighted by atomic mass is 16.5. The number of piperidine rings is 1. The molecule has 0 radical (unpaired) electrons. The fraction of sp³-hybridized carbons (Fsp3) is 1.00. The fourth-order valence-electron chi connectivity index (χ4n) is 2.02. The maximum Gasteiger partial charge on any atom is 0.0700 e. The lowest BCUT2D eigenvalue weighted by molar-refractivity contribution is 0.0430. The van der Waals surface area contributed by atoms with Crippen LogP contribution in [-0.2, 0) is 9.47 Å². The Balaban J connectivity index is 2.05. The predicted molar refractivity (Wildman–Crippen MR) is 60.9 cm³/mol. The summed E-state index contributed by atoms with van der Waals surface area (Å²) in [5.74, 6) is 0. The van der Waals surface area contributed by atoms with E-state index in [1.165, 1.54) is 0 Å². The third kappa shape index (κ3) is 4.93. The predicted octanol–water partition coefficient (Wildman–Crippen LogP) is 0.461. The van der Waals surface area contributed by atoms with Crippen LogP contribution in [0.4, 0.5) is 0 Å².